The monoisotopic (exact) mass is 298 g/mol. The summed E-state index contributed by atoms with van der Waals surface area (Å²) in [4.78, 5) is 23.4. The van der Waals surface area contributed by atoms with Gasteiger partial charge in [-0.25, -0.2) is 0 Å². The normalized spacial score (nSPS) is 18.8. The maximum atomic E-state index is 11.8. The summed E-state index contributed by atoms with van der Waals surface area (Å²) in [5.41, 5.74) is 0. The first-order valence-electron chi connectivity index (χ1n) is 8.24. The Hall–Kier alpha value is -1.10. The van der Waals surface area contributed by atoms with Gasteiger partial charge in [-0.2, -0.15) is 0 Å². The van der Waals surface area contributed by atoms with Crippen molar-refractivity contribution in [3.05, 3.63) is 0 Å². The van der Waals surface area contributed by atoms with Gasteiger partial charge in [0.1, 0.15) is 0 Å². The fourth-order valence-corrected chi connectivity index (χ4v) is 2.66. The third-order valence-corrected chi connectivity index (χ3v) is 4.45. The van der Waals surface area contributed by atoms with E-state index in [1.165, 1.54) is 19.3 Å². The molecule has 0 aliphatic heterocycles. The highest BCUT2D eigenvalue weighted by Gasteiger charge is 2.18. The zero-order valence-corrected chi connectivity index (χ0v) is 13.4. The highest BCUT2D eigenvalue weighted by Crippen LogP contribution is 2.25. The summed E-state index contributed by atoms with van der Waals surface area (Å²) in [5.74, 6) is 0.356. The number of aliphatic hydroxyl groups excluding tert-OH is 1. The van der Waals surface area contributed by atoms with Gasteiger partial charge in [-0.3, -0.25) is 9.59 Å². The number of hydrogen-bond acceptors (Lipinski definition) is 3. The second-order valence-corrected chi connectivity index (χ2v) is 6.24. The summed E-state index contributed by atoms with van der Waals surface area (Å²) in [5, 5.41) is 15.1. The van der Waals surface area contributed by atoms with E-state index in [-0.39, 0.29) is 30.8 Å². The van der Waals surface area contributed by atoms with Gasteiger partial charge < -0.3 is 15.7 Å². The number of rotatable bonds is 8. The van der Waals surface area contributed by atoms with Crippen molar-refractivity contribution in [2.75, 3.05) is 13.1 Å². The summed E-state index contributed by atoms with van der Waals surface area (Å²) in [6.45, 7) is 4.19. The van der Waals surface area contributed by atoms with Crippen molar-refractivity contribution >= 4 is 11.8 Å². The molecule has 0 aromatic rings. The molecular weight excluding hydrogens is 268 g/mol. The first-order chi connectivity index (χ1) is 10.0. The van der Waals surface area contributed by atoms with Crippen LogP contribution in [0.25, 0.3) is 0 Å². The Morgan fingerprint density at radius 3 is 2.43 bits per heavy atom. The van der Waals surface area contributed by atoms with E-state index >= 15 is 0 Å². The molecule has 3 N–H and O–H groups in total. The molecule has 0 radical (unpaired) electrons. The molecule has 1 fully saturated rings. The molecular formula is C16H30N2O3. The molecule has 1 rings (SSSR count). The highest BCUT2D eigenvalue weighted by molar-refractivity contribution is 5.84. The first-order valence-corrected chi connectivity index (χ1v) is 8.24. The Bertz CT molecular complexity index is 327. The first kappa shape index (κ1) is 18.0. The standard InChI is InChI=1S/C16H30N2O3/c1-3-12(2)14(19)10-17-16(21)11-18-15(20)9-13-7-5-4-6-8-13/h12-14,19H,3-11H2,1-2H3,(H,17,21)(H,18,20). The summed E-state index contributed by atoms with van der Waals surface area (Å²) in [6.07, 6.45) is 6.83. The molecule has 21 heavy (non-hydrogen) atoms. The van der Waals surface area contributed by atoms with E-state index in [0.717, 1.165) is 19.3 Å². The molecule has 0 heterocycles. The average Bonchev–Trinajstić information content (AvgIpc) is 2.50. The van der Waals surface area contributed by atoms with Gasteiger partial charge in [-0.15, -0.1) is 0 Å². The van der Waals surface area contributed by atoms with Crippen molar-refractivity contribution in [3.8, 4) is 0 Å². The number of hydrogen-bond donors (Lipinski definition) is 3. The number of amides is 2. The Balaban J connectivity index is 2.12. The van der Waals surface area contributed by atoms with Crippen molar-refractivity contribution < 1.29 is 14.7 Å². The second kappa shape index (κ2) is 9.77. The van der Waals surface area contributed by atoms with Gasteiger partial charge in [-0.05, 0) is 24.7 Å². The Kier molecular flexibility index (Phi) is 8.35. The van der Waals surface area contributed by atoms with E-state index in [1.807, 2.05) is 13.8 Å². The van der Waals surface area contributed by atoms with E-state index < -0.39 is 6.10 Å². The van der Waals surface area contributed by atoms with Gasteiger partial charge >= 0.3 is 0 Å². The van der Waals surface area contributed by atoms with Crippen LogP contribution in [0.4, 0.5) is 0 Å². The molecule has 2 amide bonds. The predicted octanol–water partition coefficient (Wildman–Crippen LogP) is 1.60. The van der Waals surface area contributed by atoms with Crippen LogP contribution in [0.15, 0.2) is 0 Å². The highest BCUT2D eigenvalue weighted by atomic mass is 16.3. The lowest BCUT2D eigenvalue weighted by Gasteiger charge is -2.21. The van der Waals surface area contributed by atoms with E-state index in [0.29, 0.717) is 12.3 Å². The van der Waals surface area contributed by atoms with Crippen LogP contribution in [-0.4, -0.2) is 36.1 Å². The summed E-state index contributed by atoms with van der Waals surface area (Å²) in [6, 6.07) is 0. The zero-order valence-electron chi connectivity index (χ0n) is 13.4. The van der Waals surface area contributed by atoms with Gasteiger partial charge in [0.05, 0.1) is 12.6 Å². The number of aliphatic hydroxyl groups is 1. The molecule has 0 spiro atoms. The van der Waals surface area contributed by atoms with Gasteiger partial charge in [-0.1, -0.05) is 39.5 Å². The smallest absolute Gasteiger partial charge is 0.239 e. The van der Waals surface area contributed by atoms with Crippen LogP contribution in [0, 0.1) is 11.8 Å². The third-order valence-electron chi connectivity index (χ3n) is 4.45. The molecule has 1 saturated carbocycles. The molecule has 2 atom stereocenters. The Morgan fingerprint density at radius 1 is 1.14 bits per heavy atom. The van der Waals surface area contributed by atoms with E-state index in [1.54, 1.807) is 0 Å². The molecule has 5 heteroatoms. The largest absolute Gasteiger partial charge is 0.391 e. The topological polar surface area (TPSA) is 78.4 Å². The number of carbonyl (C=O) groups excluding carboxylic acids is 2. The Morgan fingerprint density at radius 2 is 1.81 bits per heavy atom. The molecule has 2 unspecified atom stereocenters. The summed E-state index contributed by atoms with van der Waals surface area (Å²) >= 11 is 0. The van der Waals surface area contributed by atoms with E-state index in [2.05, 4.69) is 10.6 Å². The van der Waals surface area contributed by atoms with Crippen molar-refractivity contribution in [1.29, 1.82) is 0 Å². The van der Waals surface area contributed by atoms with E-state index in [9.17, 15) is 14.7 Å². The van der Waals surface area contributed by atoms with Gasteiger partial charge in [0.25, 0.3) is 0 Å². The lowest BCUT2D eigenvalue weighted by atomic mass is 9.87. The lowest BCUT2D eigenvalue weighted by molar-refractivity contribution is -0.127. The van der Waals surface area contributed by atoms with Crippen LogP contribution in [0.3, 0.4) is 0 Å². The quantitative estimate of drug-likeness (QED) is 0.637. The SMILES string of the molecule is CCC(C)C(O)CNC(=O)CNC(=O)CC1CCCCC1. The maximum absolute atomic E-state index is 11.8. The number of nitrogens with one attached hydrogen (secondary N) is 2. The Labute approximate surface area is 127 Å². The molecule has 0 aromatic carbocycles. The second-order valence-electron chi connectivity index (χ2n) is 6.24. The van der Waals surface area contributed by atoms with Crippen molar-refractivity contribution in [1.82, 2.24) is 10.6 Å². The van der Waals surface area contributed by atoms with E-state index in [4.69, 9.17) is 0 Å². The molecule has 0 aromatic heterocycles. The lowest BCUT2D eigenvalue weighted by Crippen LogP contribution is -2.41. The minimum atomic E-state index is -0.531. The van der Waals surface area contributed by atoms with Crippen LogP contribution in [0.5, 0.6) is 0 Å². The predicted molar refractivity (Wildman–Crippen MR) is 82.7 cm³/mol. The maximum Gasteiger partial charge on any atom is 0.239 e. The minimum Gasteiger partial charge on any atom is -0.391 e. The third kappa shape index (κ3) is 7.46. The summed E-state index contributed by atoms with van der Waals surface area (Å²) < 4.78 is 0. The van der Waals surface area contributed by atoms with Crippen LogP contribution in [0.2, 0.25) is 0 Å². The molecule has 5 nitrogen and oxygen atoms in total. The molecule has 1 aliphatic rings. The van der Waals surface area contributed by atoms with Crippen molar-refractivity contribution in [2.45, 2.75) is 64.9 Å². The zero-order chi connectivity index (χ0) is 15.7. The molecule has 122 valence electrons. The van der Waals surface area contributed by atoms with Crippen LogP contribution in [0.1, 0.15) is 58.8 Å². The van der Waals surface area contributed by atoms with Gasteiger partial charge in [0, 0.05) is 13.0 Å². The average molecular weight is 298 g/mol. The van der Waals surface area contributed by atoms with Gasteiger partial charge in [0.2, 0.25) is 11.8 Å². The summed E-state index contributed by atoms with van der Waals surface area (Å²) in [7, 11) is 0. The van der Waals surface area contributed by atoms with Crippen LogP contribution < -0.4 is 10.6 Å². The van der Waals surface area contributed by atoms with Crippen molar-refractivity contribution in [3.63, 3.8) is 0 Å². The molecule has 0 saturated heterocycles. The fraction of sp³-hybridized carbons (Fsp3) is 0.875. The van der Waals surface area contributed by atoms with Crippen molar-refractivity contribution in [2.24, 2.45) is 11.8 Å². The number of carbonyl (C=O) groups is 2. The molecule has 0 bridgehead atoms. The van der Waals surface area contributed by atoms with Crippen LogP contribution >= 0.6 is 0 Å². The molecule has 1 aliphatic carbocycles. The fourth-order valence-electron chi connectivity index (χ4n) is 2.66. The minimum absolute atomic E-state index is 0.00121. The van der Waals surface area contributed by atoms with Gasteiger partial charge in [0.15, 0.2) is 0 Å². The van der Waals surface area contributed by atoms with Crippen LogP contribution in [-0.2, 0) is 9.59 Å².